The van der Waals surface area contributed by atoms with Crippen LogP contribution in [0, 0.1) is 0 Å². The van der Waals surface area contributed by atoms with E-state index in [2.05, 4.69) is 35.4 Å². The van der Waals surface area contributed by atoms with Gasteiger partial charge >= 0.3 is 0 Å². The average Bonchev–Trinajstić information content (AvgIpc) is 3.05. The molecule has 6 nitrogen and oxygen atoms in total. The maximum atomic E-state index is 5.38. The van der Waals surface area contributed by atoms with Crippen LogP contribution in [-0.2, 0) is 6.42 Å². The van der Waals surface area contributed by atoms with Gasteiger partial charge in [0, 0.05) is 12.2 Å². The molecule has 6 heteroatoms. The Hall–Kier alpha value is -2.60. The fraction of sp³-hybridized carbons (Fsp3) is 0.368. The number of pyridine rings is 1. The van der Waals surface area contributed by atoms with Crippen LogP contribution in [0.5, 0.6) is 11.5 Å². The van der Waals surface area contributed by atoms with Crippen LogP contribution in [0.2, 0.25) is 0 Å². The van der Waals surface area contributed by atoms with Gasteiger partial charge in [-0.3, -0.25) is 4.40 Å². The van der Waals surface area contributed by atoms with Crippen molar-refractivity contribution in [3.05, 3.63) is 54.0 Å². The molecule has 0 aliphatic carbocycles. The molecule has 0 saturated carbocycles. The van der Waals surface area contributed by atoms with Crippen molar-refractivity contribution < 1.29 is 9.47 Å². The molecule has 132 valence electrons. The van der Waals surface area contributed by atoms with E-state index < -0.39 is 0 Å². The van der Waals surface area contributed by atoms with Gasteiger partial charge in [-0.15, -0.1) is 10.2 Å². The molecule has 2 aromatic heterocycles. The van der Waals surface area contributed by atoms with E-state index in [1.165, 1.54) is 5.56 Å². The van der Waals surface area contributed by atoms with Crippen molar-refractivity contribution in [2.24, 2.45) is 0 Å². The van der Waals surface area contributed by atoms with E-state index in [-0.39, 0.29) is 12.1 Å². The maximum absolute atomic E-state index is 5.38. The van der Waals surface area contributed by atoms with Crippen LogP contribution in [0.1, 0.15) is 31.3 Å². The lowest BCUT2D eigenvalue weighted by atomic mass is 10.1. The van der Waals surface area contributed by atoms with Gasteiger partial charge in [0.25, 0.3) is 0 Å². The van der Waals surface area contributed by atoms with E-state index in [4.69, 9.17) is 9.47 Å². The van der Waals surface area contributed by atoms with Crippen molar-refractivity contribution in [3.8, 4) is 11.5 Å². The highest BCUT2D eigenvalue weighted by molar-refractivity contribution is 5.43. The number of nitrogens with one attached hydrogen (secondary N) is 1. The Morgan fingerprint density at radius 1 is 1.04 bits per heavy atom. The molecule has 3 aromatic rings. The molecule has 0 amide bonds. The smallest absolute Gasteiger partial charge is 0.160 e. The van der Waals surface area contributed by atoms with E-state index in [9.17, 15) is 0 Å². The minimum absolute atomic E-state index is 0.0903. The zero-order valence-corrected chi connectivity index (χ0v) is 15.1. The first-order valence-electron chi connectivity index (χ1n) is 8.39. The standard InChI is InChI=1S/C19H24N4O2/c1-13(11-15-8-9-16(24-3)17(12-15)25-4)20-14(2)19-22-21-18-7-5-6-10-23(18)19/h5-10,12-14,20H,11H2,1-4H3. The number of hydrogen-bond acceptors (Lipinski definition) is 5. The molecule has 0 saturated heterocycles. The lowest BCUT2D eigenvalue weighted by Crippen LogP contribution is -2.31. The highest BCUT2D eigenvalue weighted by Gasteiger charge is 2.16. The maximum Gasteiger partial charge on any atom is 0.160 e. The first-order chi connectivity index (χ1) is 12.1. The fourth-order valence-corrected chi connectivity index (χ4v) is 3.08. The summed E-state index contributed by atoms with van der Waals surface area (Å²) in [6, 6.07) is 12.3. The predicted molar refractivity (Wildman–Crippen MR) is 97.2 cm³/mol. The van der Waals surface area contributed by atoms with Crippen LogP contribution in [0.3, 0.4) is 0 Å². The zero-order chi connectivity index (χ0) is 17.8. The van der Waals surface area contributed by atoms with Gasteiger partial charge in [-0.1, -0.05) is 12.1 Å². The van der Waals surface area contributed by atoms with Crippen LogP contribution in [0.4, 0.5) is 0 Å². The Morgan fingerprint density at radius 3 is 2.60 bits per heavy atom. The van der Waals surface area contributed by atoms with Gasteiger partial charge in [0.05, 0.1) is 20.3 Å². The average molecular weight is 340 g/mol. The van der Waals surface area contributed by atoms with Crippen LogP contribution >= 0.6 is 0 Å². The molecule has 0 fully saturated rings. The first kappa shape index (κ1) is 17.2. The van der Waals surface area contributed by atoms with Crippen molar-refractivity contribution in [3.63, 3.8) is 0 Å². The Morgan fingerprint density at radius 2 is 1.84 bits per heavy atom. The summed E-state index contributed by atoms with van der Waals surface area (Å²) in [4.78, 5) is 0. The Kier molecular flexibility index (Phi) is 5.19. The second-order valence-electron chi connectivity index (χ2n) is 6.17. The van der Waals surface area contributed by atoms with E-state index in [1.54, 1.807) is 14.2 Å². The number of fused-ring (bicyclic) bond motifs is 1. The Bertz CT molecular complexity index is 846. The number of benzene rings is 1. The predicted octanol–water partition coefficient (Wildman–Crippen LogP) is 3.03. The molecule has 2 heterocycles. The molecule has 0 spiro atoms. The molecular weight excluding hydrogens is 316 g/mol. The fourth-order valence-electron chi connectivity index (χ4n) is 3.08. The first-order valence-corrected chi connectivity index (χ1v) is 8.39. The normalized spacial score (nSPS) is 13.6. The number of nitrogens with zero attached hydrogens (tertiary/aromatic N) is 3. The van der Waals surface area contributed by atoms with Crippen molar-refractivity contribution in [1.82, 2.24) is 19.9 Å². The summed E-state index contributed by atoms with van der Waals surface area (Å²) in [6.45, 7) is 4.27. The molecule has 1 N–H and O–H groups in total. The van der Waals surface area contributed by atoms with Gasteiger partial charge in [0.15, 0.2) is 23.0 Å². The quantitative estimate of drug-likeness (QED) is 0.716. The van der Waals surface area contributed by atoms with Crippen LogP contribution in [0.25, 0.3) is 5.65 Å². The number of aromatic nitrogens is 3. The summed E-state index contributed by atoms with van der Waals surface area (Å²) in [5.41, 5.74) is 2.05. The molecular formula is C19H24N4O2. The summed E-state index contributed by atoms with van der Waals surface area (Å²) in [5, 5.41) is 12.1. The molecule has 1 aromatic carbocycles. The highest BCUT2D eigenvalue weighted by atomic mass is 16.5. The summed E-state index contributed by atoms with van der Waals surface area (Å²) in [5.74, 6) is 2.41. The van der Waals surface area contributed by atoms with Crippen molar-refractivity contribution in [1.29, 1.82) is 0 Å². The molecule has 0 radical (unpaired) electrons. The van der Waals surface area contributed by atoms with Crippen LogP contribution in [-0.4, -0.2) is 34.9 Å². The minimum Gasteiger partial charge on any atom is -0.493 e. The largest absolute Gasteiger partial charge is 0.493 e. The Labute approximate surface area is 147 Å². The lowest BCUT2D eigenvalue weighted by Gasteiger charge is -2.19. The van der Waals surface area contributed by atoms with E-state index in [0.717, 1.165) is 29.4 Å². The van der Waals surface area contributed by atoms with E-state index in [0.29, 0.717) is 0 Å². The minimum atomic E-state index is 0.0903. The molecule has 0 aliphatic rings. The number of rotatable bonds is 7. The summed E-state index contributed by atoms with van der Waals surface area (Å²) < 4.78 is 12.7. The van der Waals surface area contributed by atoms with Crippen molar-refractivity contribution >= 4 is 5.65 Å². The lowest BCUT2D eigenvalue weighted by molar-refractivity contribution is 0.354. The van der Waals surface area contributed by atoms with Gasteiger partial charge in [0.2, 0.25) is 0 Å². The highest BCUT2D eigenvalue weighted by Crippen LogP contribution is 2.28. The number of ether oxygens (including phenoxy) is 2. The molecule has 2 unspecified atom stereocenters. The van der Waals surface area contributed by atoms with Crippen LogP contribution < -0.4 is 14.8 Å². The molecule has 0 aliphatic heterocycles. The zero-order valence-electron chi connectivity index (χ0n) is 15.1. The number of hydrogen-bond donors (Lipinski definition) is 1. The molecule has 0 bridgehead atoms. The van der Waals surface area contributed by atoms with Gasteiger partial charge in [-0.05, 0) is 50.1 Å². The van der Waals surface area contributed by atoms with Crippen LogP contribution in [0.15, 0.2) is 42.6 Å². The SMILES string of the molecule is COc1ccc(CC(C)NC(C)c2nnc3ccccn23)cc1OC. The summed E-state index contributed by atoms with van der Waals surface area (Å²) in [7, 11) is 3.30. The van der Waals surface area contributed by atoms with Crippen molar-refractivity contribution in [2.75, 3.05) is 14.2 Å². The third-order valence-electron chi connectivity index (χ3n) is 4.25. The third-order valence-corrected chi connectivity index (χ3v) is 4.25. The second-order valence-corrected chi connectivity index (χ2v) is 6.17. The molecule has 25 heavy (non-hydrogen) atoms. The topological polar surface area (TPSA) is 60.7 Å². The number of methoxy groups -OCH3 is 2. The third kappa shape index (κ3) is 3.74. The van der Waals surface area contributed by atoms with E-state index >= 15 is 0 Å². The van der Waals surface area contributed by atoms with Gasteiger partial charge in [0.1, 0.15) is 0 Å². The van der Waals surface area contributed by atoms with Crippen molar-refractivity contribution in [2.45, 2.75) is 32.4 Å². The summed E-state index contributed by atoms with van der Waals surface area (Å²) >= 11 is 0. The van der Waals surface area contributed by atoms with E-state index in [1.807, 2.05) is 40.9 Å². The van der Waals surface area contributed by atoms with Gasteiger partial charge in [-0.25, -0.2) is 0 Å². The Balaban J connectivity index is 1.69. The second kappa shape index (κ2) is 7.53. The van der Waals surface area contributed by atoms with Gasteiger partial charge < -0.3 is 14.8 Å². The molecule has 3 rings (SSSR count). The summed E-state index contributed by atoms with van der Waals surface area (Å²) in [6.07, 6.45) is 2.86. The monoisotopic (exact) mass is 340 g/mol. The van der Waals surface area contributed by atoms with Gasteiger partial charge in [-0.2, -0.15) is 0 Å². The molecule has 2 atom stereocenters.